The van der Waals surface area contributed by atoms with E-state index < -0.39 is 0 Å². The van der Waals surface area contributed by atoms with Gasteiger partial charge in [-0.05, 0) is 25.2 Å². The molecule has 98 valence electrons. The lowest BCUT2D eigenvalue weighted by Gasteiger charge is -2.25. The number of aliphatic hydroxyl groups is 1. The molecular formula is C13H20N4O. The van der Waals surface area contributed by atoms with Crippen molar-refractivity contribution in [2.24, 2.45) is 5.92 Å². The Kier molecular flexibility index (Phi) is 3.32. The number of hydrogen-bond acceptors (Lipinski definition) is 5. The quantitative estimate of drug-likeness (QED) is 0.840. The molecule has 1 aliphatic heterocycles. The summed E-state index contributed by atoms with van der Waals surface area (Å²) in [5.74, 6) is 2.63. The van der Waals surface area contributed by atoms with E-state index in [-0.39, 0.29) is 6.10 Å². The normalized spacial score (nSPS) is 24.1. The Hall–Kier alpha value is -1.36. The van der Waals surface area contributed by atoms with Crippen molar-refractivity contribution in [3.8, 4) is 0 Å². The zero-order valence-corrected chi connectivity index (χ0v) is 10.5. The molecule has 0 aromatic carbocycles. The number of nitrogens with zero attached hydrogens (tertiary/aromatic N) is 3. The van der Waals surface area contributed by atoms with E-state index in [9.17, 15) is 5.11 Å². The second kappa shape index (κ2) is 5.10. The Bertz CT molecular complexity index is 408. The number of aliphatic hydroxyl groups excluding tert-OH is 1. The van der Waals surface area contributed by atoms with Crippen molar-refractivity contribution >= 4 is 11.6 Å². The van der Waals surface area contributed by atoms with Crippen LogP contribution in [0.4, 0.5) is 11.6 Å². The van der Waals surface area contributed by atoms with Crippen LogP contribution in [0.1, 0.15) is 25.7 Å². The molecule has 1 aliphatic carbocycles. The smallest absolute Gasteiger partial charge is 0.134 e. The van der Waals surface area contributed by atoms with Crippen LogP contribution in [-0.4, -0.2) is 40.8 Å². The zero-order valence-electron chi connectivity index (χ0n) is 10.5. The first-order valence-corrected chi connectivity index (χ1v) is 6.80. The van der Waals surface area contributed by atoms with E-state index in [0.717, 1.165) is 37.1 Å². The van der Waals surface area contributed by atoms with Crippen LogP contribution in [0.15, 0.2) is 12.4 Å². The molecule has 0 bridgehead atoms. The van der Waals surface area contributed by atoms with E-state index >= 15 is 0 Å². The predicted molar refractivity (Wildman–Crippen MR) is 70.7 cm³/mol. The topological polar surface area (TPSA) is 61.3 Å². The summed E-state index contributed by atoms with van der Waals surface area (Å²) < 4.78 is 0. The highest BCUT2D eigenvalue weighted by Crippen LogP contribution is 2.26. The van der Waals surface area contributed by atoms with E-state index in [1.807, 2.05) is 6.07 Å². The summed E-state index contributed by atoms with van der Waals surface area (Å²) in [5.41, 5.74) is 0. The maximum absolute atomic E-state index is 9.55. The SMILES string of the molecule is OC1CCN(c2cc(NCC3CCC3)ncn2)C1. The summed E-state index contributed by atoms with van der Waals surface area (Å²) in [5, 5.41) is 12.9. The Morgan fingerprint density at radius 1 is 1.33 bits per heavy atom. The predicted octanol–water partition coefficient (Wildman–Crippen LogP) is 1.26. The van der Waals surface area contributed by atoms with Gasteiger partial charge in [-0.15, -0.1) is 0 Å². The molecule has 3 rings (SSSR count). The summed E-state index contributed by atoms with van der Waals surface area (Å²) >= 11 is 0. The van der Waals surface area contributed by atoms with Crippen LogP contribution in [0.2, 0.25) is 0 Å². The van der Waals surface area contributed by atoms with Gasteiger partial charge < -0.3 is 15.3 Å². The molecule has 5 nitrogen and oxygen atoms in total. The summed E-state index contributed by atoms with van der Waals surface area (Å²) in [6.07, 6.45) is 6.25. The van der Waals surface area contributed by atoms with Crippen molar-refractivity contribution in [2.45, 2.75) is 31.8 Å². The molecule has 5 heteroatoms. The lowest BCUT2D eigenvalue weighted by atomic mass is 9.85. The van der Waals surface area contributed by atoms with Crippen molar-refractivity contribution in [1.29, 1.82) is 0 Å². The van der Waals surface area contributed by atoms with E-state index in [2.05, 4.69) is 20.2 Å². The van der Waals surface area contributed by atoms with Crippen molar-refractivity contribution < 1.29 is 5.11 Å². The van der Waals surface area contributed by atoms with Gasteiger partial charge in [0.1, 0.15) is 18.0 Å². The molecular weight excluding hydrogens is 228 g/mol. The van der Waals surface area contributed by atoms with Gasteiger partial charge in [-0.25, -0.2) is 9.97 Å². The third kappa shape index (κ3) is 2.56. The zero-order chi connectivity index (χ0) is 12.4. The highest BCUT2D eigenvalue weighted by molar-refractivity contribution is 5.49. The standard InChI is InChI=1S/C13H20N4O/c18-11-4-5-17(8-11)13-6-12(15-9-16-13)14-7-10-2-1-3-10/h6,9-11,18H,1-5,7-8H2,(H,14,15,16). The van der Waals surface area contributed by atoms with Gasteiger partial charge in [-0.1, -0.05) is 6.42 Å². The highest BCUT2D eigenvalue weighted by Gasteiger charge is 2.22. The molecule has 1 saturated carbocycles. The average molecular weight is 248 g/mol. The molecule has 0 radical (unpaired) electrons. The highest BCUT2D eigenvalue weighted by atomic mass is 16.3. The van der Waals surface area contributed by atoms with E-state index in [1.54, 1.807) is 6.33 Å². The van der Waals surface area contributed by atoms with Gasteiger partial charge in [0.2, 0.25) is 0 Å². The number of hydrogen-bond donors (Lipinski definition) is 2. The fraction of sp³-hybridized carbons (Fsp3) is 0.692. The molecule has 2 heterocycles. The molecule has 2 N–H and O–H groups in total. The molecule has 2 aliphatic rings. The minimum atomic E-state index is -0.216. The average Bonchev–Trinajstić information content (AvgIpc) is 2.74. The van der Waals surface area contributed by atoms with E-state index in [4.69, 9.17) is 0 Å². The molecule has 0 amide bonds. The number of nitrogens with one attached hydrogen (secondary N) is 1. The van der Waals surface area contributed by atoms with Crippen molar-refractivity contribution in [3.63, 3.8) is 0 Å². The number of rotatable bonds is 4. The van der Waals surface area contributed by atoms with Crippen LogP contribution in [0.5, 0.6) is 0 Å². The molecule has 1 aromatic rings. The maximum Gasteiger partial charge on any atom is 0.134 e. The van der Waals surface area contributed by atoms with Gasteiger partial charge in [-0.3, -0.25) is 0 Å². The lowest BCUT2D eigenvalue weighted by molar-refractivity contribution is 0.198. The van der Waals surface area contributed by atoms with Crippen LogP contribution in [0, 0.1) is 5.92 Å². The maximum atomic E-state index is 9.55. The van der Waals surface area contributed by atoms with Crippen LogP contribution < -0.4 is 10.2 Å². The molecule has 0 spiro atoms. The van der Waals surface area contributed by atoms with Crippen molar-refractivity contribution in [2.75, 3.05) is 29.9 Å². The summed E-state index contributed by atoms with van der Waals surface area (Å²) in [7, 11) is 0. The van der Waals surface area contributed by atoms with Gasteiger partial charge in [-0.2, -0.15) is 0 Å². The molecule has 18 heavy (non-hydrogen) atoms. The van der Waals surface area contributed by atoms with Gasteiger partial charge in [0.15, 0.2) is 0 Å². The monoisotopic (exact) mass is 248 g/mol. The van der Waals surface area contributed by atoms with Crippen molar-refractivity contribution in [3.05, 3.63) is 12.4 Å². The molecule has 1 unspecified atom stereocenters. The Balaban J connectivity index is 1.61. The minimum absolute atomic E-state index is 0.216. The first-order chi connectivity index (χ1) is 8.81. The first kappa shape index (κ1) is 11.7. The fourth-order valence-corrected chi connectivity index (χ4v) is 2.51. The van der Waals surface area contributed by atoms with Crippen LogP contribution in [0.25, 0.3) is 0 Å². The van der Waals surface area contributed by atoms with E-state index in [0.29, 0.717) is 6.54 Å². The van der Waals surface area contributed by atoms with Gasteiger partial charge >= 0.3 is 0 Å². The first-order valence-electron chi connectivity index (χ1n) is 6.80. The second-order valence-electron chi connectivity index (χ2n) is 5.33. The Morgan fingerprint density at radius 3 is 2.89 bits per heavy atom. The number of aromatic nitrogens is 2. The second-order valence-corrected chi connectivity index (χ2v) is 5.33. The Morgan fingerprint density at radius 2 is 2.22 bits per heavy atom. The van der Waals surface area contributed by atoms with Crippen LogP contribution in [0.3, 0.4) is 0 Å². The van der Waals surface area contributed by atoms with Crippen LogP contribution >= 0.6 is 0 Å². The van der Waals surface area contributed by atoms with Crippen molar-refractivity contribution in [1.82, 2.24) is 9.97 Å². The van der Waals surface area contributed by atoms with Gasteiger partial charge in [0, 0.05) is 25.7 Å². The Labute approximate surface area is 107 Å². The molecule has 2 fully saturated rings. The molecule has 1 saturated heterocycles. The third-order valence-electron chi connectivity index (χ3n) is 3.94. The minimum Gasteiger partial charge on any atom is -0.391 e. The summed E-state index contributed by atoms with van der Waals surface area (Å²) in [6, 6.07) is 1.98. The largest absolute Gasteiger partial charge is 0.391 e. The number of β-amino-alcohol motifs (C(OH)–C–C–N with tert-alkyl or cyclic N) is 1. The lowest BCUT2D eigenvalue weighted by Crippen LogP contribution is -2.23. The summed E-state index contributed by atoms with van der Waals surface area (Å²) in [4.78, 5) is 10.6. The van der Waals surface area contributed by atoms with Gasteiger partial charge in [0.05, 0.1) is 6.10 Å². The molecule has 1 atom stereocenters. The number of anilines is 2. The summed E-state index contributed by atoms with van der Waals surface area (Å²) in [6.45, 7) is 2.57. The fourth-order valence-electron chi connectivity index (χ4n) is 2.51. The van der Waals surface area contributed by atoms with E-state index in [1.165, 1.54) is 19.3 Å². The van der Waals surface area contributed by atoms with Crippen LogP contribution in [-0.2, 0) is 0 Å². The third-order valence-corrected chi connectivity index (χ3v) is 3.94. The van der Waals surface area contributed by atoms with Gasteiger partial charge in [0.25, 0.3) is 0 Å². The molecule has 1 aromatic heterocycles.